The Kier molecular flexibility index (Phi) is 5.35. The molecule has 138 valence electrons. The van der Waals surface area contributed by atoms with Crippen LogP contribution < -0.4 is 16.2 Å². The van der Waals surface area contributed by atoms with Gasteiger partial charge < -0.3 is 10.6 Å². The summed E-state index contributed by atoms with van der Waals surface area (Å²) in [5.74, 6) is -0.219. The van der Waals surface area contributed by atoms with Crippen LogP contribution in [-0.4, -0.2) is 34.7 Å². The number of carbonyl (C=O) groups excluding carboxylic acids is 2. The lowest BCUT2D eigenvalue weighted by Crippen LogP contribution is -2.44. The van der Waals surface area contributed by atoms with E-state index in [4.69, 9.17) is 0 Å². The molecule has 0 aliphatic heterocycles. The summed E-state index contributed by atoms with van der Waals surface area (Å²) < 4.78 is 1.08. The Morgan fingerprint density at radius 2 is 1.88 bits per heavy atom. The van der Waals surface area contributed by atoms with Crippen LogP contribution in [0.1, 0.15) is 43.1 Å². The van der Waals surface area contributed by atoms with Crippen molar-refractivity contribution < 1.29 is 9.59 Å². The molecule has 1 fully saturated rings. The van der Waals surface area contributed by atoms with Crippen LogP contribution in [0.4, 0.5) is 0 Å². The van der Waals surface area contributed by atoms with E-state index >= 15 is 0 Å². The summed E-state index contributed by atoms with van der Waals surface area (Å²) in [5, 5.41) is 10.6. The Morgan fingerprint density at radius 1 is 1.19 bits per heavy atom. The van der Waals surface area contributed by atoms with E-state index in [0.29, 0.717) is 16.7 Å². The molecule has 0 bridgehead atoms. The number of hydrogen-bond donors (Lipinski definition) is 2. The quantitative estimate of drug-likeness (QED) is 0.867. The van der Waals surface area contributed by atoms with Crippen molar-refractivity contribution in [2.45, 2.75) is 45.2 Å². The molecule has 7 heteroatoms. The summed E-state index contributed by atoms with van der Waals surface area (Å²) in [6, 6.07) is 6.93. The van der Waals surface area contributed by atoms with Crippen molar-refractivity contribution in [1.29, 1.82) is 0 Å². The average molecular weight is 356 g/mol. The van der Waals surface area contributed by atoms with Crippen LogP contribution >= 0.6 is 0 Å². The monoisotopic (exact) mass is 356 g/mol. The summed E-state index contributed by atoms with van der Waals surface area (Å²) in [4.78, 5) is 37.3. The first kappa shape index (κ1) is 18.1. The van der Waals surface area contributed by atoms with Gasteiger partial charge in [-0.25, -0.2) is 4.68 Å². The lowest BCUT2D eigenvalue weighted by atomic mass is 9.86. The molecule has 1 aliphatic carbocycles. The Labute approximate surface area is 151 Å². The maximum Gasteiger partial charge on any atom is 0.275 e. The van der Waals surface area contributed by atoms with Crippen molar-refractivity contribution in [3.05, 3.63) is 40.3 Å². The summed E-state index contributed by atoms with van der Waals surface area (Å²) in [6.45, 7) is 1.94. The highest BCUT2D eigenvalue weighted by atomic mass is 16.2. The zero-order valence-electron chi connectivity index (χ0n) is 15.1. The molecule has 2 unspecified atom stereocenters. The molecule has 2 amide bonds. The van der Waals surface area contributed by atoms with Gasteiger partial charge in [0.2, 0.25) is 5.91 Å². The lowest BCUT2D eigenvalue weighted by molar-refractivity contribution is -0.123. The third-order valence-electron chi connectivity index (χ3n) is 5.06. The number of fused-ring (bicyclic) bond motifs is 1. The second-order valence-corrected chi connectivity index (χ2v) is 6.87. The van der Waals surface area contributed by atoms with Crippen LogP contribution in [0.5, 0.6) is 0 Å². The van der Waals surface area contributed by atoms with Gasteiger partial charge in [0.25, 0.3) is 11.5 Å². The number of carbonyl (C=O) groups is 2. The van der Waals surface area contributed by atoms with E-state index in [2.05, 4.69) is 22.7 Å². The molecule has 1 heterocycles. The largest absolute Gasteiger partial charge is 0.354 e. The summed E-state index contributed by atoms with van der Waals surface area (Å²) in [7, 11) is 1.51. The molecule has 26 heavy (non-hydrogen) atoms. The van der Waals surface area contributed by atoms with Crippen LogP contribution in [0.2, 0.25) is 0 Å². The van der Waals surface area contributed by atoms with Crippen molar-refractivity contribution in [3.63, 3.8) is 0 Å². The second-order valence-electron chi connectivity index (χ2n) is 6.87. The maximum atomic E-state index is 12.7. The molecule has 1 aromatic carbocycles. The molecular formula is C19H24N4O3. The van der Waals surface area contributed by atoms with Crippen molar-refractivity contribution in [3.8, 4) is 0 Å². The van der Waals surface area contributed by atoms with E-state index in [1.54, 1.807) is 24.3 Å². The van der Waals surface area contributed by atoms with E-state index in [1.165, 1.54) is 13.5 Å². The number of hydrogen-bond acceptors (Lipinski definition) is 4. The molecule has 1 saturated carbocycles. The number of amides is 2. The predicted molar refractivity (Wildman–Crippen MR) is 99.0 cm³/mol. The third-order valence-corrected chi connectivity index (χ3v) is 5.06. The Morgan fingerprint density at radius 3 is 2.58 bits per heavy atom. The maximum absolute atomic E-state index is 12.7. The zero-order valence-corrected chi connectivity index (χ0v) is 15.1. The van der Waals surface area contributed by atoms with E-state index in [9.17, 15) is 14.4 Å². The third kappa shape index (κ3) is 3.61. The smallest absolute Gasteiger partial charge is 0.275 e. The first-order chi connectivity index (χ1) is 12.5. The van der Waals surface area contributed by atoms with E-state index in [1.807, 2.05) is 0 Å². The normalized spacial score (nSPS) is 19.9. The topological polar surface area (TPSA) is 93.1 Å². The van der Waals surface area contributed by atoms with Crippen LogP contribution in [-0.2, 0) is 11.3 Å². The van der Waals surface area contributed by atoms with Crippen LogP contribution in [0.15, 0.2) is 29.1 Å². The molecule has 0 radical (unpaired) electrons. The van der Waals surface area contributed by atoms with Gasteiger partial charge in [0.05, 0.1) is 5.39 Å². The lowest BCUT2D eigenvalue weighted by Gasteiger charge is -2.29. The molecule has 3 rings (SSSR count). The van der Waals surface area contributed by atoms with Crippen molar-refractivity contribution in [2.75, 3.05) is 7.05 Å². The fourth-order valence-electron chi connectivity index (χ4n) is 3.55. The fraction of sp³-hybridized carbons (Fsp3) is 0.474. The van der Waals surface area contributed by atoms with Gasteiger partial charge in [0, 0.05) is 18.5 Å². The first-order valence-corrected chi connectivity index (χ1v) is 9.02. The number of nitrogens with zero attached hydrogens (tertiary/aromatic N) is 2. The molecule has 1 aliphatic rings. The molecular weight excluding hydrogens is 332 g/mol. The summed E-state index contributed by atoms with van der Waals surface area (Å²) >= 11 is 0. The highest BCUT2D eigenvalue weighted by Crippen LogP contribution is 2.23. The second kappa shape index (κ2) is 7.68. The molecule has 2 atom stereocenters. The van der Waals surface area contributed by atoms with Gasteiger partial charge in [-0.05, 0) is 24.8 Å². The molecule has 1 aromatic heterocycles. The van der Waals surface area contributed by atoms with Crippen LogP contribution in [0, 0.1) is 5.92 Å². The Hall–Kier alpha value is -2.70. The molecule has 7 nitrogen and oxygen atoms in total. The minimum atomic E-state index is -0.392. The minimum absolute atomic E-state index is 0.130. The fourth-order valence-corrected chi connectivity index (χ4v) is 3.55. The van der Waals surface area contributed by atoms with Gasteiger partial charge in [-0.2, -0.15) is 5.10 Å². The predicted octanol–water partition coefficient (Wildman–Crippen LogP) is 1.45. The highest BCUT2D eigenvalue weighted by Gasteiger charge is 2.23. The van der Waals surface area contributed by atoms with Gasteiger partial charge >= 0.3 is 0 Å². The number of nitrogens with one attached hydrogen (secondary N) is 2. The van der Waals surface area contributed by atoms with Gasteiger partial charge in [0.15, 0.2) is 5.69 Å². The highest BCUT2D eigenvalue weighted by molar-refractivity contribution is 6.04. The first-order valence-electron chi connectivity index (χ1n) is 9.02. The van der Waals surface area contributed by atoms with Crippen molar-refractivity contribution >= 4 is 22.6 Å². The van der Waals surface area contributed by atoms with Crippen LogP contribution in [0.3, 0.4) is 0 Å². The minimum Gasteiger partial charge on any atom is -0.354 e. The molecule has 2 N–H and O–H groups in total. The van der Waals surface area contributed by atoms with E-state index in [0.717, 1.165) is 23.9 Å². The SMILES string of the molecule is CNC(=O)c1nn(CC(=O)NC2CCCCC2C)c(=O)c2ccccc12. The standard InChI is InChI=1S/C19H24N4O3/c1-12-7-3-6-10-15(12)21-16(24)11-23-19(26)14-9-5-4-8-13(14)17(22-23)18(25)20-2/h4-5,8-9,12,15H,3,6-7,10-11H2,1-2H3,(H,20,25)(H,21,24). The Bertz CT molecular complexity index is 890. The van der Waals surface area contributed by atoms with Gasteiger partial charge in [-0.15, -0.1) is 0 Å². The van der Waals surface area contributed by atoms with E-state index < -0.39 is 5.91 Å². The molecule has 0 saturated heterocycles. The molecule has 2 aromatic rings. The zero-order chi connectivity index (χ0) is 18.7. The number of rotatable bonds is 4. The van der Waals surface area contributed by atoms with E-state index in [-0.39, 0.29) is 29.7 Å². The summed E-state index contributed by atoms with van der Waals surface area (Å²) in [6.07, 6.45) is 4.34. The average Bonchev–Trinajstić information content (AvgIpc) is 2.65. The van der Waals surface area contributed by atoms with Crippen LogP contribution in [0.25, 0.3) is 10.8 Å². The Balaban J connectivity index is 1.89. The van der Waals surface area contributed by atoms with Gasteiger partial charge in [-0.1, -0.05) is 38.0 Å². The number of aromatic nitrogens is 2. The van der Waals surface area contributed by atoms with Crippen molar-refractivity contribution in [1.82, 2.24) is 20.4 Å². The van der Waals surface area contributed by atoms with Gasteiger partial charge in [-0.3, -0.25) is 14.4 Å². The molecule has 0 spiro atoms. The van der Waals surface area contributed by atoms with Gasteiger partial charge in [0.1, 0.15) is 6.54 Å². The summed E-state index contributed by atoms with van der Waals surface area (Å²) in [5.41, 5.74) is -0.235. The number of benzene rings is 1. The van der Waals surface area contributed by atoms with Crippen molar-refractivity contribution in [2.24, 2.45) is 5.92 Å².